The van der Waals surface area contributed by atoms with Crippen LogP contribution in [0.15, 0.2) is 48.5 Å². The second kappa shape index (κ2) is 6.02. The molecule has 2 rings (SSSR count). The van der Waals surface area contributed by atoms with Crippen LogP contribution < -0.4 is 5.32 Å². The van der Waals surface area contributed by atoms with Crippen molar-refractivity contribution in [3.63, 3.8) is 0 Å². The number of carbonyl (C=O) groups is 2. The molecule has 4 nitrogen and oxygen atoms in total. The highest BCUT2D eigenvalue weighted by molar-refractivity contribution is 6.04. The molecule has 0 aliphatic heterocycles. The molecule has 1 amide bonds. The first kappa shape index (κ1) is 15.8. The van der Waals surface area contributed by atoms with Crippen LogP contribution in [0.4, 0.5) is 5.69 Å². The van der Waals surface area contributed by atoms with E-state index >= 15 is 0 Å². The molecule has 114 valence electrons. The van der Waals surface area contributed by atoms with Gasteiger partial charge in [0.15, 0.2) is 0 Å². The van der Waals surface area contributed by atoms with Crippen molar-refractivity contribution in [2.24, 2.45) is 0 Å². The van der Waals surface area contributed by atoms with Crippen LogP contribution in [0.5, 0.6) is 0 Å². The van der Waals surface area contributed by atoms with E-state index < -0.39 is 5.97 Å². The summed E-state index contributed by atoms with van der Waals surface area (Å²) in [5, 5.41) is 11.6. The molecule has 4 heteroatoms. The normalized spacial score (nSPS) is 11.0. The van der Waals surface area contributed by atoms with E-state index in [0.717, 1.165) is 5.56 Å². The number of carbonyl (C=O) groups excluding carboxylic acids is 1. The van der Waals surface area contributed by atoms with E-state index in [-0.39, 0.29) is 16.9 Å². The van der Waals surface area contributed by atoms with Gasteiger partial charge in [-0.05, 0) is 47.4 Å². The zero-order chi connectivity index (χ0) is 16.3. The third-order valence-corrected chi connectivity index (χ3v) is 3.38. The average molecular weight is 297 g/mol. The Kier molecular flexibility index (Phi) is 4.31. The monoisotopic (exact) mass is 297 g/mol. The van der Waals surface area contributed by atoms with Crippen LogP contribution in [0.3, 0.4) is 0 Å². The second-order valence-corrected chi connectivity index (χ2v) is 6.17. The van der Waals surface area contributed by atoms with Gasteiger partial charge in [0.1, 0.15) is 0 Å². The first-order valence-electron chi connectivity index (χ1n) is 7.02. The molecule has 2 aromatic rings. The number of aromatic carboxylic acids is 1. The Bertz CT molecular complexity index is 697. The van der Waals surface area contributed by atoms with Crippen LogP contribution in [0.25, 0.3) is 0 Å². The fourth-order valence-corrected chi connectivity index (χ4v) is 2.03. The standard InChI is InChI=1S/C18H19NO3/c1-18(2,3)14-6-4-5-13(11-14)16(20)19-15-9-7-12(8-10-15)17(21)22/h4-11H,1-3H3,(H,19,20)(H,21,22). The lowest BCUT2D eigenvalue weighted by atomic mass is 9.86. The van der Waals surface area contributed by atoms with Gasteiger partial charge in [-0.1, -0.05) is 32.9 Å². The maximum absolute atomic E-state index is 12.3. The molecule has 2 N–H and O–H groups in total. The summed E-state index contributed by atoms with van der Waals surface area (Å²) in [4.78, 5) is 23.1. The summed E-state index contributed by atoms with van der Waals surface area (Å²) in [6, 6.07) is 13.6. The fourth-order valence-electron chi connectivity index (χ4n) is 2.03. The quantitative estimate of drug-likeness (QED) is 0.902. The molecular weight excluding hydrogens is 278 g/mol. The maximum atomic E-state index is 12.3. The Morgan fingerprint density at radius 3 is 2.14 bits per heavy atom. The summed E-state index contributed by atoms with van der Waals surface area (Å²) in [5.74, 6) is -1.20. The highest BCUT2D eigenvalue weighted by Crippen LogP contribution is 2.23. The molecule has 0 aliphatic rings. The van der Waals surface area contributed by atoms with Gasteiger partial charge in [0.05, 0.1) is 5.56 Å². The third-order valence-electron chi connectivity index (χ3n) is 3.38. The number of carboxylic acid groups (broad SMARTS) is 1. The van der Waals surface area contributed by atoms with Crippen molar-refractivity contribution in [1.82, 2.24) is 0 Å². The number of nitrogens with one attached hydrogen (secondary N) is 1. The molecule has 0 saturated heterocycles. The number of anilines is 1. The molecule has 0 aliphatic carbocycles. The molecule has 0 aromatic heterocycles. The van der Waals surface area contributed by atoms with Crippen molar-refractivity contribution in [3.8, 4) is 0 Å². The smallest absolute Gasteiger partial charge is 0.335 e. The molecule has 0 bridgehead atoms. The summed E-state index contributed by atoms with van der Waals surface area (Å²) >= 11 is 0. The van der Waals surface area contributed by atoms with Crippen LogP contribution in [-0.2, 0) is 5.41 Å². The lowest BCUT2D eigenvalue weighted by molar-refractivity contribution is 0.0696. The Hall–Kier alpha value is -2.62. The SMILES string of the molecule is CC(C)(C)c1cccc(C(=O)Nc2ccc(C(=O)O)cc2)c1. The van der Waals surface area contributed by atoms with Crippen molar-refractivity contribution in [1.29, 1.82) is 0 Å². The minimum atomic E-state index is -0.990. The Balaban J connectivity index is 2.17. The van der Waals surface area contributed by atoms with E-state index in [2.05, 4.69) is 26.1 Å². The predicted molar refractivity (Wildman–Crippen MR) is 86.5 cm³/mol. The summed E-state index contributed by atoms with van der Waals surface area (Å²) < 4.78 is 0. The van der Waals surface area contributed by atoms with E-state index in [4.69, 9.17) is 5.11 Å². The molecule has 0 fully saturated rings. The van der Waals surface area contributed by atoms with Crippen molar-refractivity contribution < 1.29 is 14.7 Å². The molecule has 22 heavy (non-hydrogen) atoms. The number of carboxylic acids is 1. The zero-order valence-corrected chi connectivity index (χ0v) is 12.9. The van der Waals surface area contributed by atoms with Gasteiger partial charge in [-0.3, -0.25) is 4.79 Å². The molecule has 0 radical (unpaired) electrons. The van der Waals surface area contributed by atoms with E-state index in [1.54, 1.807) is 18.2 Å². The number of rotatable bonds is 3. The molecule has 0 spiro atoms. The van der Waals surface area contributed by atoms with Crippen LogP contribution in [0.2, 0.25) is 0 Å². The summed E-state index contributed by atoms with van der Waals surface area (Å²) in [7, 11) is 0. The van der Waals surface area contributed by atoms with Gasteiger partial charge in [0, 0.05) is 11.3 Å². The lowest BCUT2D eigenvalue weighted by Crippen LogP contribution is -2.15. The van der Waals surface area contributed by atoms with Crippen LogP contribution >= 0.6 is 0 Å². The first-order valence-corrected chi connectivity index (χ1v) is 7.02. The summed E-state index contributed by atoms with van der Waals surface area (Å²) in [5.41, 5.74) is 2.39. The van der Waals surface area contributed by atoms with Crippen LogP contribution in [0.1, 0.15) is 47.1 Å². The maximum Gasteiger partial charge on any atom is 0.335 e. The summed E-state index contributed by atoms with van der Waals surface area (Å²) in [6.07, 6.45) is 0. The second-order valence-electron chi connectivity index (χ2n) is 6.17. The Morgan fingerprint density at radius 1 is 0.955 bits per heavy atom. The molecule has 0 atom stereocenters. The molecule has 0 unspecified atom stereocenters. The first-order chi connectivity index (χ1) is 10.3. The minimum absolute atomic E-state index is 0.0283. The van der Waals surface area contributed by atoms with Crippen LogP contribution in [-0.4, -0.2) is 17.0 Å². The highest BCUT2D eigenvalue weighted by Gasteiger charge is 2.15. The zero-order valence-electron chi connectivity index (χ0n) is 12.9. The number of hydrogen-bond acceptors (Lipinski definition) is 2. The molecule has 0 heterocycles. The van der Waals surface area contributed by atoms with Gasteiger partial charge in [-0.2, -0.15) is 0 Å². The van der Waals surface area contributed by atoms with Crippen molar-refractivity contribution in [2.75, 3.05) is 5.32 Å². The molecular formula is C18H19NO3. The van der Waals surface area contributed by atoms with Gasteiger partial charge in [-0.15, -0.1) is 0 Å². The average Bonchev–Trinajstić information content (AvgIpc) is 2.47. The van der Waals surface area contributed by atoms with Gasteiger partial charge in [-0.25, -0.2) is 4.79 Å². The van der Waals surface area contributed by atoms with E-state index in [0.29, 0.717) is 11.3 Å². The predicted octanol–water partition coefficient (Wildman–Crippen LogP) is 3.93. The van der Waals surface area contributed by atoms with E-state index in [9.17, 15) is 9.59 Å². The molecule has 0 saturated carbocycles. The van der Waals surface area contributed by atoms with Crippen molar-refractivity contribution >= 4 is 17.6 Å². The number of hydrogen-bond donors (Lipinski definition) is 2. The third kappa shape index (κ3) is 3.73. The van der Waals surface area contributed by atoms with E-state index in [1.807, 2.05) is 18.2 Å². The molecule has 2 aromatic carbocycles. The fraction of sp³-hybridized carbons (Fsp3) is 0.222. The lowest BCUT2D eigenvalue weighted by Gasteiger charge is -2.19. The number of amides is 1. The summed E-state index contributed by atoms with van der Waals surface area (Å²) in [6.45, 7) is 6.28. The van der Waals surface area contributed by atoms with Gasteiger partial charge >= 0.3 is 5.97 Å². The highest BCUT2D eigenvalue weighted by atomic mass is 16.4. The van der Waals surface area contributed by atoms with Gasteiger partial charge in [0.2, 0.25) is 0 Å². The van der Waals surface area contributed by atoms with Gasteiger partial charge < -0.3 is 10.4 Å². The van der Waals surface area contributed by atoms with Crippen LogP contribution in [0, 0.1) is 0 Å². The number of benzene rings is 2. The van der Waals surface area contributed by atoms with Gasteiger partial charge in [0.25, 0.3) is 5.91 Å². The topological polar surface area (TPSA) is 66.4 Å². The minimum Gasteiger partial charge on any atom is -0.478 e. The largest absolute Gasteiger partial charge is 0.478 e. The Morgan fingerprint density at radius 2 is 1.59 bits per heavy atom. The van der Waals surface area contributed by atoms with Crippen molar-refractivity contribution in [2.45, 2.75) is 26.2 Å². The van der Waals surface area contributed by atoms with E-state index in [1.165, 1.54) is 12.1 Å². The van der Waals surface area contributed by atoms with Crippen molar-refractivity contribution in [3.05, 3.63) is 65.2 Å². The Labute approximate surface area is 129 Å².